The number of benzene rings is 1. The van der Waals surface area contributed by atoms with E-state index in [0.29, 0.717) is 22.0 Å². The van der Waals surface area contributed by atoms with E-state index in [1.165, 1.54) is 28.8 Å². The Labute approximate surface area is 206 Å². The number of carbonyl (C=O) groups is 3. The van der Waals surface area contributed by atoms with E-state index in [4.69, 9.17) is 8.83 Å². The van der Waals surface area contributed by atoms with Crippen molar-refractivity contribution in [3.63, 3.8) is 0 Å². The Hall–Kier alpha value is -4.11. The summed E-state index contributed by atoms with van der Waals surface area (Å²) in [7, 11) is 0. The van der Waals surface area contributed by atoms with Gasteiger partial charge in [-0.2, -0.15) is 0 Å². The second-order valence-corrected chi connectivity index (χ2v) is 8.82. The van der Waals surface area contributed by atoms with E-state index in [-0.39, 0.29) is 31.4 Å². The van der Waals surface area contributed by atoms with Gasteiger partial charge >= 0.3 is 0 Å². The Morgan fingerprint density at radius 3 is 2.26 bits per heavy atom. The first kappa shape index (κ1) is 24.0. The highest BCUT2D eigenvalue weighted by molar-refractivity contribution is 7.12. The van der Waals surface area contributed by atoms with Crippen LogP contribution in [0.3, 0.4) is 0 Å². The van der Waals surface area contributed by atoms with E-state index in [1.54, 1.807) is 41.8 Å². The summed E-state index contributed by atoms with van der Waals surface area (Å²) in [5, 5.41) is 7.30. The molecule has 0 radical (unpaired) electrons. The van der Waals surface area contributed by atoms with Crippen LogP contribution >= 0.6 is 11.3 Å². The minimum absolute atomic E-state index is 0.0490. The third-order valence-corrected chi connectivity index (χ3v) is 6.21. The summed E-state index contributed by atoms with van der Waals surface area (Å²) < 4.78 is 10.8. The maximum Gasteiger partial charge on any atom is 0.261 e. The number of rotatable bonds is 10. The molecule has 1 atom stereocenters. The molecular weight excluding hydrogens is 466 g/mol. The van der Waals surface area contributed by atoms with Crippen molar-refractivity contribution in [3.05, 3.63) is 106 Å². The van der Waals surface area contributed by atoms with E-state index in [9.17, 15) is 14.4 Å². The molecule has 1 aromatic carbocycles. The average molecular weight is 492 g/mol. The van der Waals surface area contributed by atoms with Crippen LogP contribution in [0.1, 0.15) is 38.4 Å². The zero-order chi connectivity index (χ0) is 24.6. The molecule has 0 aliphatic carbocycles. The second-order valence-electron chi connectivity index (χ2n) is 7.87. The first-order chi connectivity index (χ1) is 17.0. The van der Waals surface area contributed by atoms with Gasteiger partial charge in [-0.3, -0.25) is 14.4 Å². The van der Waals surface area contributed by atoms with Crippen LogP contribution in [0.25, 0.3) is 0 Å². The molecule has 180 valence electrons. The molecule has 3 amide bonds. The fourth-order valence-electron chi connectivity index (χ4n) is 3.55. The highest BCUT2D eigenvalue weighted by Crippen LogP contribution is 2.25. The van der Waals surface area contributed by atoms with Gasteiger partial charge in [0, 0.05) is 0 Å². The van der Waals surface area contributed by atoms with Crippen molar-refractivity contribution in [3.8, 4) is 0 Å². The highest BCUT2D eigenvalue weighted by Gasteiger charge is 2.32. The zero-order valence-corrected chi connectivity index (χ0v) is 19.9. The van der Waals surface area contributed by atoms with Gasteiger partial charge in [0.05, 0.1) is 37.0 Å². The summed E-state index contributed by atoms with van der Waals surface area (Å²) in [6.07, 6.45) is 3.04. The van der Waals surface area contributed by atoms with Crippen LogP contribution in [0.15, 0.2) is 87.4 Å². The summed E-state index contributed by atoms with van der Waals surface area (Å²) >= 11 is 1.28. The predicted octanol–water partition coefficient (Wildman–Crippen LogP) is 4.06. The van der Waals surface area contributed by atoms with Crippen LogP contribution in [0.4, 0.5) is 0 Å². The lowest BCUT2D eigenvalue weighted by atomic mass is 10.0. The van der Waals surface area contributed by atoms with Gasteiger partial charge in [-0.05, 0) is 48.2 Å². The molecule has 0 fully saturated rings. The summed E-state index contributed by atoms with van der Waals surface area (Å²) in [4.78, 5) is 41.2. The van der Waals surface area contributed by atoms with Crippen LogP contribution < -0.4 is 10.6 Å². The second kappa shape index (κ2) is 11.3. The summed E-state index contributed by atoms with van der Waals surface area (Å²) in [6, 6.07) is 16.8. The average Bonchev–Trinajstić information content (AvgIpc) is 3.65. The van der Waals surface area contributed by atoms with E-state index in [2.05, 4.69) is 10.6 Å². The Kier molecular flexibility index (Phi) is 7.79. The fraction of sp³-hybridized carbons (Fsp3) is 0.192. The number of hydrogen-bond donors (Lipinski definition) is 2. The van der Waals surface area contributed by atoms with Crippen molar-refractivity contribution >= 4 is 29.1 Å². The minimum atomic E-state index is -0.957. The molecule has 0 saturated heterocycles. The summed E-state index contributed by atoms with van der Waals surface area (Å²) in [5.74, 6) is -0.0489. The first-order valence-electron chi connectivity index (χ1n) is 11.0. The lowest BCUT2D eigenvalue weighted by molar-refractivity contribution is -0.141. The molecule has 8 nitrogen and oxygen atoms in total. The summed E-state index contributed by atoms with van der Waals surface area (Å²) in [5.41, 5.74) is 1.66. The van der Waals surface area contributed by atoms with Gasteiger partial charge in [0.2, 0.25) is 11.8 Å². The number of carbonyl (C=O) groups excluding carboxylic acids is 3. The van der Waals surface area contributed by atoms with Crippen molar-refractivity contribution < 1.29 is 23.2 Å². The van der Waals surface area contributed by atoms with Crippen molar-refractivity contribution in [1.29, 1.82) is 0 Å². The fourth-order valence-corrected chi connectivity index (χ4v) is 4.19. The number of furan rings is 2. The van der Waals surface area contributed by atoms with E-state index < -0.39 is 11.9 Å². The Balaban J connectivity index is 1.60. The number of nitrogens with zero attached hydrogens (tertiary/aromatic N) is 1. The maximum atomic E-state index is 13.5. The molecule has 35 heavy (non-hydrogen) atoms. The lowest BCUT2D eigenvalue weighted by Crippen LogP contribution is -2.46. The molecule has 0 aliphatic heterocycles. The van der Waals surface area contributed by atoms with Crippen LogP contribution in [-0.4, -0.2) is 29.2 Å². The van der Waals surface area contributed by atoms with Crippen molar-refractivity contribution in [2.75, 3.05) is 6.54 Å². The topological polar surface area (TPSA) is 105 Å². The standard InChI is InChI=1S/C26H25N3O5S/c1-18-8-10-19(11-9-18)24(26(32)27-15-20-5-2-12-33-20)29(17-21-6-3-13-34-21)23(30)16-28-25(31)22-7-4-14-35-22/h2-14,24H,15-17H2,1H3,(H,27,32)(H,28,31). The molecule has 2 N–H and O–H groups in total. The van der Waals surface area contributed by atoms with Gasteiger partial charge in [-0.25, -0.2) is 0 Å². The van der Waals surface area contributed by atoms with E-state index >= 15 is 0 Å². The van der Waals surface area contributed by atoms with Gasteiger partial charge in [0.1, 0.15) is 17.6 Å². The van der Waals surface area contributed by atoms with Gasteiger partial charge in [0.15, 0.2) is 0 Å². The van der Waals surface area contributed by atoms with Crippen molar-refractivity contribution in [2.45, 2.75) is 26.1 Å². The third kappa shape index (κ3) is 6.27. The number of nitrogens with one attached hydrogen (secondary N) is 2. The quantitative estimate of drug-likeness (QED) is 0.348. The lowest BCUT2D eigenvalue weighted by Gasteiger charge is -2.31. The Morgan fingerprint density at radius 2 is 1.63 bits per heavy atom. The summed E-state index contributed by atoms with van der Waals surface area (Å²) in [6.45, 7) is 1.90. The largest absolute Gasteiger partial charge is 0.467 e. The number of aryl methyl sites for hydroxylation is 1. The monoisotopic (exact) mass is 491 g/mol. The molecule has 4 aromatic rings. The van der Waals surface area contributed by atoms with Crippen molar-refractivity contribution in [2.24, 2.45) is 0 Å². The molecule has 1 unspecified atom stereocenters. The molecular formula is C26H25N3O5S. The number of hydrogen-bond acceptors (Lipinski definition) is 6. The van der Waals surface area contributed by atoms with Gasteiger partial charge in [-0.15, -0.1) is 11.3 Å². The normalized spacial score (nSPS) is 11.6. The molecule has 0 saturated carbocycles. The van der Waals surface area contributed by atoms with Crippen molar-refractivity contribution in [1.82, 2.24) is 15.5 Å². The SMILES string of the molecule is Cc1ccc(C(C(=O)NCc2ccco2)N(Cc2ccco2)C(=O)CNC(=O)c2cccs2)cc1. The first-order valence-corrected chi connectivity index (χ1v) is 11.9. The maximum absolute atomic E-state index is 13.5. The molecule has 4 rings (SSSR count). The molecule has 0 aliphatic rings. The molecule has 0 bridgehead atoms. The Morgan fingerprint density at radius 1 is 0.914 bits per heavy atom. The molecule has 9 heteroatoms. The zero-order valence-electron chi connectivity index (χ0n) is 19.1. The van der Waals surface area contributed by atoms with Crippen LogP contribution in [-0.2, 0) is 22.7 Å². The van der Waals surface area contributed by atoms with Crippen LogP contribution in [0.5, 0.6) is 0 Å². The minimum Gasteiger partial charge on any atom is -0.467 e. The van der Waals surface area contributed by atoms with Gasteiger partial charge in [-0.1, -0.05) is 35.9 Å². The highest BCUT2D eigenvalue weighted by atomic mass is 32.1. The molecule has 0 spiro atoms. The van der Waals surface area contributed by atoms with E-state index in [1.807, 2.05) is 31.2 Å². The smallest absolute Gasteiger partial charge is 0.261 e. The number of amides is 3. The number of thiophene rings is 1. The third-order valence-electron chi connectivity index (χ3n) is 5.34. The van der Waals surface area contributed by atoms with Gasteiger partial charge < -0.3 is 24.4 Å². The predicted molar refractivity (Wildman–Crippen MR) is 130 cm³/mol. The van der Waals surface area contributed by atoms with Crippen LogP contribution in [0.2, 0.25) is 0 Å². The molecule has 3 aromatic heterocycles. The van der Waals surface area contributed by atoms with Crippen LogP contribution in [0, 0.1) is 6.92 Å². The molecule has 3 heterocycles. The Bertz CT molecular complexity index is 1230. The van der Waals surface area contributed by atoms with Gasteiger partial charge in [0.25, 0.3) is 5.91 Å². The van der Waals surface area contributed by atoms with E-state index in [0.717, 1.165) is 5.56 Å².